The monoisotopic (exact) mass is 350 g/mol. The second-order valence-corrected chi connectivity index (χ2v) is 7.25. The SMILES string of the molecule is Cc1cccc2c1CCC2Nc1ccc(CC(=O)N2CCOCC2)cc1. The van der Waals surface area contributed by atoms with Crippen LogP contribution in [0.5, 0.6) is 0 Å². The van der Waals surface area contributed by atoms with E-state index < -0.39 is 0 Å². The number of hydrogen-bond donors (Lipinski definition) is 1. The Balaban J connectivity index is 1.38. The number of fused-ring (bicyclic) bond motifs is 1. The lowest BCUT2D eigenvalue weighted by atomic mass is 10.0. The topological polar surface area (TPSA) is 41.6 Å². The summed E-state index contributed by atoms with van der Waals surface area (Å²) in [4.78, 5) is 14.3. The molecule has 1 heterocycles. The zero-order chi connectivity index (χ0) is 17.9. The third kappa shape index (κ3) is 3.61. The number of amides is 1. The highest BCUT2D eigenvalue weighted by molar-refractivity contribution is 5.79. The molecule has 2 aromatic carbocycles. The summed E-state index contributed by atoms with van der Waals surface area (Å²) in [5, 5.41) is 3.66. The lowest BCUT2D eigenvalue weighted by molar-refractivity contribution is -0.134. The Morgan fingerprint density at radius 2 is 1.92 bits per heavy atom. The first-order chi connectivity index (χ1) is 12.7. The van der Waals surface area contributed by atoms with Gasteiger partial charge in [-0.1, -0.05) is 30.3 Å². The lowest BCUT2D eigenvalue weighted by Crippen LogP contribution is -2.41. The van der Waals surface area contributed by atoms with Gasteiger partial charge in [-0.2, -0.15) is 0 Å². The molecular weight excluding hydrogens is 324 g/mol. The van der Waals surface area contributed by atoms with Crippen LogP contribution in [0.3, 0.4) is 0 Å². The molecule has 0 bridgehead atoms. The van der Waals surface area contributed by atoms with Crippen LogP contribution in [0.15, 0.2) is 42.5 Å². The van der Waals surface area contributed by atoms with Crippen LogP contribution in [0.2, 0.25) is 0 Å². The summed E-state index contributed by atoms with van der Waals surface area (Å²) in [6, 6.07) is 15.3. The van der Waals surface area contributed by atoms with Crippen molar-refractivity contribution in [1.29, 1.82) is 0 Å². The predicted molar refractivity (Wildman–Crippen MR) is 103 cm³/mol. The molecule has 0 spiro atoms. The van der Waals surface area contributed by atoms with Crippen LogP contribution < -0.4 is 5.32 Å². The van der Waals surface area contributed by atoms with E-state index >= 15 is 0 Å². The Morgan fingerprint density at radius 3 is 2.69 bits per heavy atom. The Kier molecular flexibility index (Phi) is 4.93. The van der Waals surface area contributed by atoms with Gasteiger partial charge in [-0.05, 0) is 54.2 Å². The molecule has 1 fully saturated rings. The van der Waals surface area contributed by atoms with Gasteiger partial charge < -0.3 is 15.0 Å². The van der Waals surface area contributed by atoms with Crippen LogP contribution in [-0.4, -0.2) is 37.1 Å². The summed E-state index contributed by atoms with van der Waals surface area (Å²) in [5.41, 5.74) is 6.50. The number of rotatable bonds is 4. The highest BCUT2D eigenvalue weighted by atomic mass is 16.5. The Bertz CT molecular complexity index is 779. The van der Waals surface area contributed by atoms with Crippen LogP contribution in [-0.2, 0) is 22.4 Å². The number of ether oxygens (including phenoxy) is 1. The molecule has 2 aromatic rings. The van der Waals surface area contributed by atoms with Crippen molar-refractivity contribution in [1.82, 2.24) is 4.90 Å². The van der Waals surface area contributed by atoms with Gasteiger partial charge in [0.1, 0.15) is 0 Å². The standard InChI is InChI=1S/C22H26N2O2/c1-16-3-2-4-20-19(16)9-10-21(20)23-18-7-5-17(6-8-18)15-22(25)24-11-13-26-14-12-24/h2-8,21,23H,9-15H2,1H3. The predicted octanol–water partition coefficient (Wildman–Crippen LogP) is 3.50. The minimum absolute atomic E-state index is 0.189. The average Bonchev–Trinajstić information content (AvgIpc) is 3.08. The molecule has 4 nitrogen and oxygen atoms in total. The van der Waals surface area contributed by atoms with E-state index in [-0.39, 0.29) is 5.91 Å². The quantitative estimate of drug-likeness (QED) is 0.918. The number of anilines is 1. The molecule has 0 radical (unpaired) electrons. The van der Waals surface area contributed by atoms with Gasteiger partial charge >= 0.3 is 0 Å². The van der Waals surface area contributed by atoms with Crippen molar-refractivity contribution in [2.75, 3.05) is 31.6 Å². The number of carbonyl (C=O) groups is 1. The smallest absolute Gasteiger partial charge is 0.227 e. The average molecular weight is 350 g/mol. The van der Waals surface area contributed by atoms with Crippen molar-refractivity contribution in [3.8, 4) is 0 Å². The lowest BCUT2D eigenvalue weighted by Gasteiger charge is -2.26. The number of carbonyl (C=O) groups excluding carboxylic acids is 1. The zero-order valence-corrected chi connectivity index (χ0v) is 15.3. The van der Waals surface area contributed by atoms with E-state index in [1.807, 2.05) is 4.90 Å². The second-order valence-electron chi connectivity index (χ2n) is 7.25. The first-order valence-corrected chi connectivity index (χ1v) is 9.50. The van der Waals surface area contributed by atoms with E-state index in [1.54, 1.807) is 0 Å². The number of aryl methyl sites for hydroxylation is 1. The maximum atomic E-state index is 12.4. The minimum Gasteiger partial charge on any atom is -0.378 e. The maximum Gasteiger partial charge on any atom is 0.227 e. The molecule has 26 heavy (non-hydrogen) atoms. The molecular formula is C22H26N2O2. The van der Waals surface area contributed by atoms with Crippen LogP contribution in [0, 0.1) is 6.92 Å². The molecule has 4 rings (SSSR count). The molecule has 1 atom stereocenters. The molecule has 1 unspecified atom stereocenters. The van der Waals surface area contributed by atoms with Gasteiger partial charge in [-0.25, -0.2) is 0 Å². The molecule has 2 aliphatic rings. The summed E-state index contributed by atoms with van der Waals surface area (Å²) >= 11 is 0. The molecule has 1 aliphatic heterocycles. The largest absolute Gasteiger partial charge is 0.378 e. The minimum atomic E-state index is 0.189. The maximum absolute atomic E-state index is 12.4. The molecule has 0 saturated carbocycles. The van der Waals surface area contributed by atoms with Gasteiger partial charge in [-0.3, -0.25) is 4.79 Å². The number of nitrogens with zero attached hydrogens (tertiary/aromatic N) is 1. The van der Waals surface area contributed by atoms with Crippen LogP contribution >= 0.6 is 0 Å². The summed E-state index contributed by atoms with van der Waals surface area (Å²) < 4.78 is 5.31. The van der Waals surface area contributed by atoms with E-state index in [1.165, 1.54) is 16.7 Å². The third-order valence-electron chi connectivity index (χ3n) is 5.52. The van der Waals surface area contributed by atoms with Crippen molar-refractivity contribution in [2.24, 2.45) is 0 Å². The van der Waals surface area contributed by atoms with Gasteiger partial charge in [-0.15, -0.1) is 0 Å². The number of benzene rings is 2. The van der Waals surface area contributed by atoms with E-state index in [4.69, 9.17) is 4.74 Å². The summed E-state index contributed by atoms with van der Waals surface area (Å²) in [7, 11) is 0. The van der Waals surface area contributed by atoms with E-state index in [2.05, 4.69) is 54.7 Å². The summed E-state index contributed by atoms with van der Waals surface area (Å²) in [6.07, 6.45) is 2.75. The van der Waals surface area contributed by atoms with E-state index in [9.17, 15) is 4.79 Å². The van der Waals surface area contributed by atoms with Crippen LogP contribution in [0.25, 0.3) is 0 Å². The van der Waals surface area contributed by atoms with E-state index in [0.29, 0.717) is 38.8 Å². The van der Waals surface area contributed by atoms with Crippen molar-refractivity contribution in [2.45, 2.75) is 32.2 Å². The van der Waals surface area contributed by atoms with Crippen LogP contribution in [0.1, 0.15) is 34.7 Å². The highest BCUT2D eigenvalue weighted by Gasteiger charge is 2.23. The third-order valence-corrected chi connectivity index (χ3v) is 5.52. The van der Waals surface area contributed by atoms with Gasteiger partial charge in [0.15, 0.2) is 0 Å². The van der Waals surface area contributed by atoms with Crippen molar-refractivity contribution < 1.29 is 9.53 Å². The van der Waals surface area contributed by atoms with Crippen molar-refractivity contribution >= 4 is 11.6 Å². The first kappa shape index (κ1) is 17.1. The zero-order valence-electron chi connectivity index (χ0n) is 15.3. The fourth-order valence-electron chi connectivity index (χ4n) is 4.01. The highest BCUT2D eigenvalue weighted by Crippen LogP contribution is 2.35. The van der Waals surface area contributed by atoms with Gasteiger partial charge in [0.05, 0.1) is 25.7 Å². The van der Waals surface area contributed by atoms with Crippen molar-refractivity contribution in [3.63, 3.8) is 0 Å². The molecule has 136 valence electrons. The number of nitrogens with one attached hydrogen (secondary N) is 1. The molecule has 1 N–H and O–H groups in total. The van der Waals surface area contributed by atoms with Gasteiger partial charge in [0.2, 0.25) is 5.91 Å². The van der Waals surface area contributed by atoms with Crippen molar-refractivity contribution in [3.05, 3.63) is 64.7 Å². The normalized spacial score (nSPS) is 19.3. The fraction of sp³-hybridized carbons (Fsp3) is 0.409. The number of hydrogen-bond acceptors (Lipinski definition) is 3. The summed E-state index contributed by atoms with van der Waals surface area (Å²) in [5.74, 6) is 0.189. The van der Waals surface area contributed by atoms with Gasteiger partial charge in [0, 0.05) is 18.8 Å². The van der Waals surface area contributed by atoms with Crippen LogP contribution in [0.4, 0.5) is 5.69 Å². The molecule has 0 aromatic heterocycles. The molecule has 1 saturated heterocycles. The Morgan fingerprint density at radius 1 is 1.15 bits per heavy atom. The molecule has 1 aliphatic carbocycles. The Hall–Kier alpha value is -2.33. The summed E-state index contributed by atoms with van der Waals surface area (Å²) in [6.45, 7) is 4.91. The second kappa shape index (κ2) is 7.50. The number of morpholine rings is 1. The van der Waals surface area contributed by atoms with Gasteiger partial charge in [0.25, 0.3) is 0 Å². The first-order valence-electron chi connectivity index (χ1n) is 9.50. The molecule has 4 heteroatoms. The molecule has 1 amide bonds. The fourth-order valence-corrected chi connectivity index (χ4v) is 4.01. The van der Waals surface area contributed by atoms with E-state index in [0.717, 1.165) is 24.1 Å². The Labute approximate surface area is 155 Å².